The van der Waals surface area contributed by atoms with Gasteiger partial charge in [-0.2, -0.15) is 0 Å². The van der Waals surface area contributed by atoms with Crippen LogP contribution < -0.4 is 72.0 Å². The minimum atomic E-state index is -2.26. The SMILES string of the molecule is Cc1c(N)nc([C@H](CC(N)=O)NC[C@@H](N)C(N)=O)nc1C(=O)N[C@H](C(=O)NC(C)C(O)CC(=O)NC(C(=O)NC(OC1OC(C)C(N)C(O)C1O)C(O)c1nc(-c2nc(C(=O)NCCCCN)cs2)cs1)[C@H](C)O)C(OC1OC(CO)C(O)C(O)C1OC1OC(CO)C(O)C(OC(N)=O)C1O)c1cnc[nH]1.Cl.Cl.Cl.Cl. The molecule has 0 saturated carbocycles. The molecule has 0 bridgehead atoms. The predicted octanol–water partition coefficient (Wildman–Crippen LogP) is -9.16. The van der Waals surface area contributed by atoms with E-state index in [1.54, 1.807) is 0 Å². The smallest absolute Gasteiger partial charge is 0.404 e. The van der Waals surface area contributed by atoms with Crippen LogP contribution in [0.2, 0.25) is 0 Å². The number of nitrogens with zero attached hydrogens (tertiary/aromatic N) is 5. The maximum Gasteiger partial charge on any atom is 0.404 e. The summed E-state index contributed by atoms with van der Waals surface area (Å²) >= 11 is 1.89. The highest BCUT2D eigenvalue weighted by molar-refractivity contribution is 7.14. The number of carbonyl (C=O) groups is 8. The highest BCUT2D eigenvalue weighted by atomic mass is 35.5. The standard InChI is InChI=1S/C59H91N19O26S2.4ClH/c1-18-33(75-48(77-46(18)64)23(9-30(62)83)69-11-22(61)47(65)92)50(94)76-35(43(24-12-67-17-70-24)101-58-45(39(88)36(85)28(13-79)100-58)102-57-41(90)44(103-59(66)97)37(86)29(14-80)99-57)52(96)71-19(2)27(82)10-31(84)74-34(20(3)81)51(95)78-53(104-56-40(89)38(87)32(63)21(4)98-56)42(91)55-73-26(16-106-55)54-72-25(15-105-54)49(93)68-8-6-5-7-60;;;;/h12,15-17,19-23,27-29,32,34-45,53,56-58,69,79-82,85-91H,5-11,13-14,60-61,63H2,1-4H3,(H2,62,83)(H2,65,92)(H2,66,97)(H,67,70)(H,68,93)(H,71,96)(H,74,84)(H,76,94)(H,78,95)(H2,64,75,77);4*1H/t19?,20-,21?,22+,23-,27?,28?,29?,32?,34?,35-,36?,37?,38?,39?,40?,41?,42?,43?,44?,45?,53?,56?,57?,58?;;;;/m0..../s1. The molecular formula is C59H95Cl4N19O26S2. The largest absolute Gasteiger partial charge is 0.441 e. The summed E-state index contributed by atoms with van der Waals surface area (Å²) in [5, 5.41) is 140. The van der Waals surface area contributed by atoms with E-state index in [4.69, 9.17) is 73.3 Å². The number of unbranched alkanes of at least 4 members (excludes halogenated alkanes) is 1. The van der Waals surface area contributed by atoms with Gasteiger partial charge < -0.3 is 166 Å². The number of aromatic amines is 1. The molecule has 45 nitrogen and oxygen atoms in total. The molecule has 3 fully saturated rings. The van der Waals surface area contributed by atoms with Gasteiger partial charge in [-0.05, 0) is 47.1 Å². The van der Waals surface area contributed by atoms with E-state index >= 15 is 4.79 Å². The van der Waals surface area contributed by atoms with E-state index in [2.05, 4.69) is 61.8 Å². The summed E-state index contributed by atoms with van der Waals surface area (Å²) in [6.07, 6.45) is -36.4. The molecule has 21 unspecified atom stereocenters. The van der Waals surface area contributed by atoms with Gasteiger partial charge >= 0.3 is 6.09 Å². The van der Waals surface area contributed by atoms with Crippen molar-refractivity contribution in [1.82, 2.24) is 61.8 Å². The number of aliphatic hydroxyl groups is 11. The summed E-state index contributed by atoms with van der Waals surface area (Å²) in [5.41, 5.74) is 39.0. The van der Waals surface area contributed by atoms with Crippen LogP contribution in [0.4, 0.5) is 10.6 Å². The van der Waals surface area contributed by atoms with Crippen molar-refractivity contribution in [3.8, 4) is 10.7 Å². The molecule has 0 aliphatic carbocycles. The summed E-state index contributed by atoms with van der Waals surface area (Å²) in [5.74, 6) is -8.30. The quantitative estimate of drug-likeness (QED) is 0.0147. The van der Waals surface area contributed by atoms with E-state index in [9.17, 15) is 89.7 Å². The maximum atomic E-state index is 15.3. The zero-order chi connectivity index (χ0) is 78.3. The molecule has 0 radical (unpaired) electrons. The zero-order valence-corrected chi connectivity index (χ0v) is 63.8. The number of nitrogen functional groups attached to an aromatic ring is 1. The van der Waals surface area contributed by atoms with E-state index < -0.39 is 250 Å². The van der Waals surface area contributed by atoms with Crippen LogP contribution in [0.25, 0.3) is 10.7 Å². The first kappa shape index (κ1) is 97.4. The second-order valence-electron chi connectivity index (χ2n) is 25.0. The van der Waals surface area contributed by atoms with E-state index in [0.29, 0.717) is 25.9 Å². The van der Waals surface area contributed by atoms with Gasteiger partial charge in [0.1, 0.15) is 112 Å². The number of anilines is 1. The molecule has 0 aromatic carbocycles. The van der Waals surface area contributed by atoms with Crippen molar-refractivity contribution < 1.29 is 128 Å². The number of hydrogen-bond acceptors (Lipinski definition) is 38. The summed E-state index contributed by atoms with van der Waals surface area (Å²) in [6.45, 7) is 3.25. The number of aliphatic hydroxyl groups excluding tert-OH is 11. The Morgan fingerprint density at radius 2 is 1.37 bits per heavy atom. The van der Waals surface area contributed by atoms with Crippen LogP contribution >= 0.6 is 72.3 Å². The monoisotopic (exact) mass is 1690 g/mol. The molecule has 3 saturated heterocycles. The molecule has 25 atom stereocenters. The minimum absolute atomic E-state index is 0. The number of nitrogens with two attached hydrogens (primary N) is 7. The van der Waals surface area contributed by atoms with Crippen LogP contribution in [0.15, 0.2) is 23.3 Å². The second kappa shape index (κ2) is 44.6. The van der Waals surface area contributed by atoms with Gasteiger partial charge in [0.25, 0.3) is 11.8 Å². The van der Waals surface area contributed by atoms with Crippen LogP contribution in [0, 0.1) is 6.92 Å². The fourth-order valence-electron chi connectivity index (χ4n) is 10.9. The summed E-state index contributed by atoms with van der Waals surface area (Å²) in [6, 6.07) is -9.65. The zero-order valence-electron chi connectivity index (χ0n) is 58.9. The highest BCUT2D eigenvalue weighted by Gasteiger charge is 2.54. The number of carbonyl (C=O) groups excluding carboxylic acids is 8. The molecular weight excluding hydrogens is 1600 g/mol. The Morgan fingerprint density at radius 3 is 1.98 bits per heavy atom. The molecule has 110 heavy (non-hydrogen) atoms. The average molecular weight is 1690 g/mol. The van der Waals surface area contributed by atoms with Gasteiger partial charge in [-0.15, -0.1) is 72.3 Å². The minimum Gasteiger partial charge on any atom is -0.441 e. The average Bonchev–Trinajstić information content (AvgIpc) is 0.891. The Hall–Kier alpha value is -6.77. The van der Waals surface area contributed by atoms with Crippen molar-refractivity contribution in [2.24, 2.45) is 34.4 Å². The molecule has 32 N–H and O–H groups in total. The molecule has 622 valence electrons. The van der Waals surface area contributed by atoms with E-state index in [-0.39, 0.29) is 82.3 Å². The van der Waals surface area contributed by atoms with E-state index in [1.807, 2.05) is 0 Å². The topological polar surface area (TPSA) is 758 Å². The Morgan fingerprint density at radius 1 is 0.718 bits per heavy atom. The van der Waals surface area contributed by atoms with Crippen molar-refractivity contribution in [2.75, 3.05) is 38.6 Å². The van der Waals surface area contributed by atoms with E-state index in [0.717, 1.165) is 49.0 Å². The predicted molar refractivity (Wildman–Crippen MR) is 388 cm³/mol. The van der Waals surface area contributed by atoms with Gasteiger partial charge in [0, 0.05) is 35.8 Å². The number of amides is 8. The van der Waals surface area contributed by atoms with Crippen LogP contribution in [0.3, 0.4) is 0 Å². The maximum absolute atomic E-state index is 15.3. The summed E-state index contributed by atoms with van der Waals surface area (Å²) < 4.78 is 40.3. The molecule has 8 amide bonds. The third-order valence-corrected chi connectivity index (χ3v) is 18.9. The van der Waals surface area contributed by atoms with Crippen molar-refractivity contribution in [3.63, 3.8) is 0 Å². The lowest BCUT2D eigenvalue weighted by Gasteiger charge is -2.47. The third-order valence-electron chi connectivity index (χ3n) is 17.1. The lowest BCUT2D eigenvalue weighted by molar-refractivity contribution is -0.372. The van der Waals surface area contributed by atoms with Gasteiger partial charge in [-0.1, -0.05) is 0 Å². The van der Waals surface area contributed by atoms with Crippen LogP contribution in [-0.4, -0.2) is 301 Å². The molecule has 4 aromatic rings. The number of aromatic nitrogens is 6. The fraction of sp³-hybridized carbons (Fsp3) is 0.644. The number of halogens is 4. The Bertz CT molecular complexity index is 3630. The fourth-order valence-corrected chi connectivity index (χ4v) is 12.5. The van der Waals surface area contributed by atoms with Crippen LogP contribution in [-0.2, 0) is 57.1 Å². The van der Waals surface area contributed by atoms with Crippen LogP contribution in [0.1, 0.15) is 108 Å². The van der Waals surface area contributed by atoms with E-state index in [1.165, 1.54) is 24.6 Å². The second-order valence-corrected chi connectivity index (χ2v) is 26.8. The number of hydrogen-bond donors (Lipinski definition) is 25. The van der Waals surface area contributed by atoms with Crippen LogP contribution in [0.5, 0.6) is 0 Å². The number of primary amides is 3. The first-order valence-corrected chi connectivity index (χ1v) is 34.6. The Kier molecular flexibility index (Phi) is 39.5. The molecule has 7 heterocycles. The molecule has 51 heteroatoms. The highest BCUT2D eigenvalue weighted by Crippen LogP contribution is 2.36. The number of imidazole rings is 1. The van der Waals surface area contributed by atoms with Gasteiger partial charge in [0.2, 0.25) is 29.5 Å². The number of ether oxygens (including phenoxy) is 7. The van der Waals surface area contributed by atoms with Gasteiger partial charge in [0.05, 0.1) is 80.3 Å². The van der Waals surface area contributed by atoms with Gasteiger partial charge in [0.15, 0.2) is 37.3 Å². The molecule has 4 aromatic heterocycles. The lowest BCUT2D eigenvalue weighted by Crippen LogP contribution is -2.65. The summed E-state index contributed by atoms with van der Waals surface area (Å²) in [7, 11) is 0. The van der Waals surface area contributed by atoms with Crippen molar-refractivity contribution in [3.05, 3.63) is 56.8 Å². The molecule has 7 rings (SSSR count). The third kappa shape index (κ3) is 25.1. The number of H-pyrrole nitrogens is 1. The van der Waals surface area contributed by atoms with Crippen molar-refractivity contribution >= 4 is 126 Å². The summed E-state index contributed by atoms with van der Waals surface area (Å²) in [4.78, 5) is 132. The number of rotatable bonds is 37. The molecule has 0 spiro atoms. The normalized spacial score (nSPS) is 26.5. The van der Waals surface area contributed by atoms with Gasteiger partial charge in [-0.3, -0.25) is 33.6 Å². The molecule has 3 aliphatic heterocycles. The first-order valence-electron chi connectivity index (χ1n) is 32.9. The van der Waals surface area contributed by atoms with Gasteiger partial charge in [-0.25, -0.2) is 29.7 Å². The Balaban J connectivity index is 0.00000784. The molecule has 3 aliphatic rings. The number of nitrogens with one attached hydrogen (secondary N) is 7. The Labute approximate surface area is 658 Å². The number of thiazole rings is 2. The van der Waals surface area contributed by atoms with Crippen molar-refractivity contribution in [1.29, 1.82) is 0 Å². The first-order chi connectivity index (χ1) is 50.1. The van der Waals surface area contributed by atoms with Crippen molar-refractivity contribution in [2.45, 2.75) is 206 Å². The lowest BCUT2D eigenvalue weighted by atomic mass is 9.97.